The number of nitrogens with one attached hydrogen (secondary N) is 1. The fourth-order valence-corrected chi connectivity index (χ4v) is 3.45. The highest BCUT2D eigenvalue weighted by atomic mass is 35.5. The highest BCUT2D eigenvalue weighted by molar-refractivity contribution is 6.33. The molecule has 1 N–H and O–H groups in total. The van der Waals surface area contributed by atoms with Crippen LogP contribution < -0.4 is 5.32 Å². The van der Waals surface area contributed by atoms with Crippen LogP contribution in [0.5, 0.6) is 0 Å². The average Bonchev–Trinajstić information content (AvgIpc) is 3.00. The van der Waals surface area contributed by atoms with Crippen molar-refractivity contribution in [3.05, 3.63) is 29.3 Å². The Hall–Kier alpha value is -1.95. The van der Waals surface area contributed by atoms with Crippen LogP contribution in [-0.2, 0) is 11.3 Å². The normalized spacial score (nSPS) is 23.9. The summed E-state index contributed by atoms with van der Waals surface area (Å²) < 4.78 is 0. The Labute approximate surface area is 146 Å². The maximum Gasteiger partial charge on any atom is 0.243 e. The van der Waals surface area contributed by atoms with Crippen molar-refractivity contribution in [2.45, 2.75) is 45.7 Å². The van der Waals surface area contributed by atoms with Crippen LogP contribution in [-0.4, -0.2) is 32.2 Å². The van der Waals surface area contributed by atoms with E-state index in [0.29, 0.717) is 28.2 Å². The minimum Gasteiger partial charge on any atom is -0.351 e. The fourth-order valence-electron chi connectivity index (χ4n) is 3.23. The molecule has 128 valence electrons. The van der Waals surface area contributed by atoms with E-state index in [4.69, 9.17) is 11.6 Å². The summed E-state index contributed by atoms with van der Waals surface area (Å²) in [6.45, 7) is 4.52. The van der Waals surface area contributed by atoms with E-state index in [2.05, 4.69) is 34.6 Å². The standard InChI is InChI=1S/C17H22ClN5O/c1-11-6-5-9-15(12(11)2)19-16(24)10-23-21-17(20-22-23)13-7-3-4-8-14(13)18/h3-4,7-8,11-12,15H,5-6,9-10H2,1-2H3,(H,19,24)/t11-,12-,15-/m1/s1. The Bertz CT molecular complexity index is 717. The van der Waals surface area contributed by atoms with E-state index in [9.17, 15) is 4.79 Å². The number of benzene rings is 1. The summed E-state index contributed by atoms with van der Waals surface area (Å²) in [7, 11) is 0. The lowest BCUT2D eigenvalue weighted by molar-refractivity contribution is -0.123. The number of aromatic nitrogens is 4. The van der Waals surface area contributed by atoms with Gasteiger partial charge in [-0.25, -0.2) is 0 Å². The molecule has 1 aliphatic carbocycles. The van der Waals surface area contributed by atoms with Crippen molar-refractivity contribution in [3.63, 3.8) is 0 Å². The highest BCUT2D eigenvalue weighted by Crippen LogP contribution is 2.29. The summed E-state index contributed by atoms with van der Waals surface area (Å²) in [6.07, 6.45) is 3.43. The molecule has 1 aliphatic rings. The highest BCUT2D eigenvalue weighted by Gasteiger charge is 2.28. The second kappa shape index (κ2) is 7.30. The van der Waals surface area contributed by atoms with Gasteiger partial charge in [0.25, 0.3) is 0 Å². The van der Waals surface area contributed by atoms with Crippen LogP contribution in [0.2, 0.25) is 5.02 Å². The van der Waals surface area contributed by atoms with Gasteiger partial charge in [-0.3, -0.25) is 4.79 Å². The molecule has 6 nitrogen and oxygen atoms in total. The number of hydrogen-bond acceptors (Lipinski definition) is 4. The number of rotatable bonds is 4. The van der Waals surface area contributed by atoms with E-state index in [1.165, 1.54) is 11.2 Å². The monoisotopic (exact) mass is 347 g/mol. The van der Waals surface area contributed by atoms with Gasteiger partial charge < -0.3 is 5.32 Å². The van der Waals surface area contributed by atoms with Crippen molar-refractivity contribution in [1.29, 1.82) is 0 Å². The molecular formula is C17H22ClN5O. The van der Waals surface area contributed by atoms with Crippen LogP contribution in [0.15, 0.2) is 24.3 Å². The maximum absolute atomic E-state index is 12.3. The number of amides is 1. The molecule has 0 radical (unpaired) electrons. The first-order valence-electron chi connectivity index (χ1n) is 8.36. The van der Waals surface area contributed by atoms with Gasteiger partial charge in [0.2, 0.25) is 11.7 Å². The van der Waals surface area contributed by atoms with Gasteiger partial charge in [-0.05, 0) is 35.6 Å². The second-order valence-corrected chi connectivity index (χ2v) is 6.97. The molecule has 0 unspecified atom stereocenters. The second-order valence-electron chi connectivity index (χ2n) is 6.56. The van der Waals surface area contributed by atoms with Gasteiger partial charge in [-0.15, -0.1) is 10.2 Å². The van der Waals surface area contributed by atoms with Crippen LogP contribution in [0.25, 0.3) is 11.4 Å². The zero-order valence-corrected chi connectivity index (χ0v) is 14.7. The Morgan fingerprint density at radius 1 is 1.33 bits per heavy atom. The Morgan fingerprint density at radius 3 is 2.92 bits per heavy atom. The molecule has 0 aliphatic heterocycles. The van der Waals surface area contributed by atoms with Gasteiger partial charge in [0.1, 0.15) is 6.54 Å². The van der Waals surface area contributed by atoms with E-state index in [0.717, 1.165) is 12.8 Å². The van der Waals surface area contributed by atoms with Crippen LogP contribution >= 0.6 is 11.6 Å². The molecule has 1 aromatic carbocycles. The first-order chi connectivity index (χ1) is 11.5. The van der Waals surface area contributed by atoms with E-state index in [1.54, 1.807) is 6.07 Å². The Morgan fingerprint density at radius 2 is 2.12 bits per heavy atom. The lowest BCUT2D eigenvalue weighted by Gasteiger charge is -2.34. The van der Waals surface area contributed by atoms with Crippen molar-refractivity contribution in [1.82, 2.24) is 25.5 Å². The van der Waals surface area contributed by atoms with Gasteiger partial charge in [0.05, 0.1) is 5.02 Å². The van der Waals surface area contributed by atoms with Crippen LogP contribution in [0.3, 0.4) is 0 Å². The van der Waals surface area contributed by atoms with Gasteiger partial charge in [-0.2, -0.15) is 4.80 Å². The molecule has 1 saturated carbocycles. The lowest BCUT2D eigenvalue weighted by Crippen LogP contribution is -2.45. The summed E-state index contributed by atoms with van der Waals surface area (Å²) in [5.41, 5.74) is 0.709. The van der Waals surface area contributed by atoms with Crippen molar-refractivity contribution in [2.75, 3.05) is 0 Å². The minimum atomic E-state index is -0.0796. The number of carbonyl (C=O) groups excluding carboxylic acids is 1. The number of hydrogen-bond donors (Lipinski definition) is 1. The summed E-state index contributed by atoms with van der Waals surface area (Å²) in [5, 5.41) is 15.9. The molecule has 3 atom stereocenters. The van der Waals surface area contributed by atoms with Gasteiger partial charge >= 0.3 is 0 Å². The number of halogens is 1. The molecule has 24 heavy (non-hydrogen) atoms. The molecule has 1 heterocycles. The summed E-state index contributed by atoms with van der Waals surface area (Å²) in [4.78, 5) is 13.6. The molecule has 1 aromatic heterocycles. The van der Waals surface area contributed by atoms with Crippen molar-refractivity contribution >= 4 is 17.5 Å². The Kier molecular flexibility index (Phi) is 5.14. The Balaban J connectivity index is 1.62. The van der Waals surface area contributed by atoms with E-state index in [-0.39, 0.29) is 18.5 Å². The number of carbonyl (C=O) groups is 1. The van der Waals surface area contributed by atoms with Crippen molar-refractivity contribution in [3.8, 4) is 11.4 Å². The topological polar surface area (TPSA) is 72.7 Å². The molecule has 2 aromatic rings. The first kappa shape index (κ1) is 16.9. The van der Waals surface area contributed by atoms with Gasteiger partial charge in [-0.1, -0.05) is 50.4 Å². The van der Waals surface area contributed by atoms with E-state index < -0.39 is 0 Å². The van der Waals surface area contributed by atoms with Gasteiger partial charge in [0.15, 0.2) is 0 Å². The van der Waals surface area contributed by atoms with E-state index in [1.807, 2.05) is 18.2 Å². The molecule has 3 rings (SSSR count). The molecule has 0 saturated heterocycles. The van der Waals surface area contributed by atoms with Crippen molar-refractivity contribution in [2.24, 2.45) is 11.8 Å². The minimum absolute atomic E-state index is 0.0645. The largest absolute Gasteiger partial charge is 0.351 e. The SMILES string of the molecule is C[C@@H]1[C@H](C)CCC[C@H]1NC(=O)Cn1nnc(-c2ccccc2Cl)n1. The molecule has 7 heteroatoms. The third-order valence-electron chi connectivity index (χ3n) is 4.91. The number of nitrogens with zero attached hydrogens (tertiary/aromatic N) is 4. The van der Waals surface area contributed by atoms with Crippen LogP contribution in [0, 0.1) is 11.8 Å². The van der Waals surface area contributed by atoms with Crippen LogP contribution in [0.1, 0.15) is 33.1 Å². The summed E-state index contributed by atoms with van der Waals surface area (Å²) in [6, 6.07) is 7.54. The molecule has 1 amide bonds. The van der Waals surface area contributed by atoms with Crippen LogP contribution in [0.4, 0.5) is 0 Å². The first-order valence-corrected chi connectivity index (χ1v) is 8.74. The fraction of sp³-hybridized carbons (Fsp3) is 0.529. The zero-order chi connectivity index (χ0) is 17.1. The lowest BCUT2D eigenvalue weighted by atomic mass is 9.78. The molecular weight excluding hydrogens is 326 g/mol. The molecule has 0 spiro atoms. The third-order valence-corrected chi connectivity index (χ3v) is 5.24. The van der Waals surface area contributed by atoms with Gasteiger partial charge in [0, 0.05) is 11.6 Å². The third kappa shape index (κ3) is 3.75. The maximum atomic E-state index is 12.3. The zero-order valence-electron chi connectivity index (χ0n) is 13.9. The molecule has 1 fully saturated rings. The van der Waals surface area contributed by atoms with E-state index >= 15 is 0 Å². The van der Waals surface area contributed by atoms with Crippen molar-refractivity contribution < 1.29 is 4.79 Å². The smallest absolute Gasteiger partial charge is 0.243 e. The quantitative estimate of drug-likeness (QED) is 0.922. The average molecular weight is 348 g/mol. The predicted molar refractivity (Wildman–Crippen MR) is 92.4 cm³/mol. The summed E-state index contributed by atoms with van der Waals surface area (Å²) in [5.74, 6) is 1.47. The number of tetrazole rings is 1. The summed E-state index contributed by atoms with van der Waals surface area (Å²) >= 11 is 6.14. The predicted octanol–water partition coefficient (Wildman–Crippen LogP) is 2.93. The molecule has 0 bridgehead atoms.